The molecule has 2 heterocycles. The number of rotatable bonds is 5. The van der Waals surface area contributed by atoms with Gasteiger partial charge in [0.15, 0.2) is 0 Å². The van der Waals surface area contributed by atoms with Crippen molar-refractivity contribution in [3.05, 3.63) is 46.0 Å². The maximum atomic E-state index is 5.90. The first-order valence-corrected chi connectivity index (χ1v) is 6.55. The van der Waals surface area contributed by atoms with Gasteiger partial charge in [0.05, 0.1) is 18.6 Å². The summed E-state index contributed by atoms with van der Waals surface area (Å²) in [4.78, 5) is 3.63. The highest BCUT2D eigenvalue weighted by molar-refractivity contribution is 7.10. The van der Waals surface area contributed by atoms with Gasteiger partial charge in [-0.2, -0.15) is 0 Å². The van der Waals surface area contributed by atoms with Crippen LogP contribution in [0.3, 0.4) is 0 Å². The molecule has 92 valence electrons. The molecule has 0 fully saturated rings. The summed E-state index contributed by atoms with van der Waals surface area (Å²) in [5.41, 5.74) is 8.41. The molecule has 3 nitrogen and oxygen atoms in total. The van der Waals surface area contributed by atoms with Crippen LogP contribution in [0.25, 0.3) is 0 Å². The van der Waals surface area contributed by atoms with Gasteiger partial charge in [-0.25, -0.2) is 0 Å². The molecular weight excluding hydrogens is 232 g/mol. The summed E-state index contributed by atoms with van der Waals surface area (Å²) in [6, 6.07) is 4.42. The van der Waals surface area contributed by atoms with E-state index < -0.39 is 0 Å². The van der Waals surface area contributed by atoms with Crippen LogP contribution >= 0.6 is 11.3 Å². The summed E-state index contributed by atoms with van der Waals surface area (Å²) in [6.07, 6.45) is 3.49. The van der Waals surface area contributed by atoms with Gasteiger partial charge in [-0.1, -0.05) is 0 Å². The third-order valence-electron chi connectivity index (χ3n) is 2.97. The monoisotopic (exact) mass is 250 g/mol. The minimum Gasteiger partial charge on any atom is -0.472 e. The molecule has 2 rings (SSSR count). The lowest BCUT2D eigenvalue weighted by atomic mass is 10.1. The number of nitrogens with two attached hydrogens (primary N) is 1. The zero-order chi connectivity index (χ0) is 12.3. The third-order valence-corrected chi connectivity index (χ3v) is 4.09. The second-order valence-corrected chi connectivity index (χ2v) is 5.21. The van der Waals surface area contributed by atoms with Gasteiger partial charge < -0.3 is 10.2 Å². The van der Waals surface area contributed by atoms with E-state index in [9.17, 15) is 0 Å². The first-order chi connectivity index (χ1) is 8.22. The molecule has 0 bridgehead atoms. The first-order valence-electron chi connectivity index (χ1n) is 5.67. The second-order valence-electron chi connectivity index (χ2n) is 4.27. The standard InChI is InChI=1S/C13H18N2OS/c1-10-4-6-17-13(10)12(7-14)15(2)8-11-3-5-16-9-11/h3-6,9,12H,7-8,14H2,1-2H3. The van der Waals surface area contributed by atoms with Crippen LogP contribution in [0.5, 0.6) is 0 Å². The average Bonchev–Trinajstić information content (AvgIpc) is 2.92. The predicted octanol–water partition coefficient (Wildman–Crippen LogP) is 2.78. The van der Waals surface area contributed by atoms with Crippen molar-refractivity contribution >= 4 is 11.3 Å². The Morgan fingerprint density at radius 3 is 2.82 bits per heavy atom. The minimum atomic E-state index is 0.282. The van der Waals surface area contributed by atoms with E-state index in [1.54, 1.807) is 23.9 Å². The summed E-state index contributed by atoms with van der Waals surface area (Å²) < 4.78 is 5.09. The van der Waals surface area contributed by atoms with E-state index in [-0.39, 0.29) is 6.04 Å². The molecule has 0 saturated heterocycles. The lowest BCUT2D eigenvalue weighted by Crippen LogP contribution is -2.29. The largest absolute Gasteiger partial charge is 0.472 e. The molecule has 1 atom stereocenters. The van der Waals surface area contributed by atoms with Crippen LogP contribution in [0.1, 0.15) is 22.0 Å². The topological polar surface area (TPSA) is 42.4 Å². The van der Waals surface area contributed by atoms with E-state index in [2.05, 4.69) is 30.3 Å². The van der Waals surface area contributed by atoms with Crippen molar-refractivity contribution in [3.8, 4) is 0 Å². The van der Waals surface area contributed by atoms with Crippen LogP contribution in [0.4, 0.5) is 0 Å². The highest BCUT2D eigenvalue weighted by Gasteiger charge is 2.18. The van der Waals surface area contributed by atoms with Crippen molar-refractivity contribution in [2.45, 2.75) is 19.5 Å². The normalized spacial score (nSPS) is 13.2. The highest BCUT2D eigenvalue weighted by atomic mass is 32.1. The van der Waals surface area contributed by atoms with E-state index >= 15 is 0 Å². The van der Waals surface area contributed by atoms with Crippen molar-refractivity contribution in [1.29, 1.82) is 0 Å². The molecule has 4 heteroatoms. The van der Waals surface area contributed by atoms with Gasteiger partial charge in [-0.3, -0.25) is 4.90 Å². The van der Waals surface area contributed by atoms with E-state index in [1.807, 2.05) is 6.07 Å². The number of aryl methyl sites for hydroxylation is 1. The predicted molar refractivity (Wildman–Crippen MR) is 71.0 cm³/mol. The smallest absolute Gasteiger partial charge is 0.0947 e. The molecule has 0 saturated carbocycles. The molecule has 2 N–H and O–H groups in total. The summed E-state index contributed by atoms with van der Waals surface area (Å²) >= 11 is 1.78. The first kappa shape index (κ1) is 12.4. The fourth-order valence-electron chi connectivity index (χ4n) is 1.99. The molecule has 17 heavy (non-hydrogen) atoms. The summed E-state index contributed by atoms with van der Waals surface area (Å²) in [7, 11) is 2.10. The molecule has 1 unspecified atom stereocenters. The Hall–Kier alpha value is -1.10. The minimum absolute atomic E-state index is 0.282. The molecule has 0 aliphatic rings. The van der Waals surface area contributed by atoms with Crippen molar-refractivity contribution in [2.75, 3.05) is 13.6 Å². The number of likely N-dealkylation sites (N-methyl/N-ethyl adjacent to an activating group) is 1. The number of hydrogen-bond acceptors (Lipinski definition) is 4. The summed E-state index contributed by atoms with van der Waals surface area (Å²) in [6.45, 7) is 3.63. The Morgan fingerprint density at radius 2 is 2.29 bits per heavy atom. The van der Waals surface area contributed by atoms with Crippen LogP contribution in [0.15, 0.2) is 34.5 Å². The van der Waals surface area contributed by atoms with Crippen molar-refractivity contribution in [2.24, 2.45) is 5.73 Å². The van der Waals surface area contributed by atoms with Gasteiger partial charge in [0, 0.05) is 23.5 Å². The van der Waals surface area contributed by atoms with E-state index in [4.69, 9.17) is 10.2 Å². The lowest BCUT2D eigenvalue weighted by Gasteiger charge is -2.26. The molecule has 0 spiro atoms. The maximum absolute atomic E-state index is 5.90. The van der Waals surface area contributed by atoms with Gasteiger partial charge in [0.2, 0.25) is 0 Å². The Morgan fingerprint density at radius 1 is 1.47 bits per heavy atom. The Labute approximate surface area is 106 Å². The number of nitrogens with zero attached hydrogens (tertiary/aromatic N) is 1. The molecule has 0 amide bonds. The summed E-state index contributed by atoms with van der Waals surface area (Å²) in [5.74, 6) is 0. The summed E-state index contributed by atoms with van der Waals surface area (Å²) in [5, 5.41) is 2.12. The fraction of sp³-hybridized carbons (Fsp3) is 0.385. The van der Waals surface area contributed by atoms with Gasteiger partial charge in [-0.15, -0.1) is 11.3 Å². The fourth-order valence-corrected chi connectivity index (χ4v) is 3.10. The van der Waals surface area contributed by atoms with E-state index in [1.165, 1.54) is 16.0 Å². The number of hydrogen-bond donors (Lipinski definition) is 1. The van der Waals surface area contributed by atoms with Gasteiger partial charge in [0.1, 0.15) is 0 Å². The molecule has 0 aliphatic carbocycles. The average molecular weight is 250 g/mol. The number of thiophene rings is 1. The van der Waals surface area contributed by atoms with Crippen molar-refractivity contribution < 1.29 is 4.42 Å². The molecule has 2 aromatic rings. The quantitative estimate of drug-likeness (QED) is 0.887. The van der Waals surface area contributed by atoms with Gasteiger partial charge in [0.25, 0.3) is 0 Å². The highest BCUT2D eigenvalue weighted by Crippen LogP contribution is 2.28. The zero-order valence-electron chi connectivity index (χ0n) is 10.2. The molecular formula is C13H18N2OS. The molecule has 0 aromatic carbocycles. The van der Waals surface area contributed by atoms with Crippen molar-refractivity contribution in [3.63, 3.8) is 0 Å². The van der Waals surface area contributed by atoms with Crippen LogP contribution in [-0.4, -0.2) is 18.5 Å². The lowest BCUT2D eigenvalue weighted by molar-refractivity contribution is 0.244. The maximum Gasteiger partial charge on any atom is 0.0947 e. The third kappa shape index (κ3) is 2.77. The van der Waals surface area contributed by atoms with E-state index in [0.29, 0.717) is 6.54 Å². The molecule has 2 aromatic heterocycles. The van der Waals surface area contributed by atoms with Crippen LogP contribution < -0.4 is 5.73 Å². The Kier molecular flexibility index (Phi) is 3.99. The molecule has 0 aliphatic heterocycles. The van der Waals surface area contributed by atoms with Gasteiger partial charge >= 0.3 is 0 Å². The second kappa shape index (κ2) is 5.49. The van der Waals surface area contributed by atoms with Crippen LogP contribution in [0, 0.1) is 6.92 Å². The Balaban J connectivity index is 2.11. The molecule has 0 radical (unpaired) electrons. The van der Waals surface area contributed by atoms with Crippen LogP contribution in [0.2, 0.25) is 0 Å². The van der Waals surface area contributed by atoms with E-state index in [0.717, 1.165) is 6.54 Å². The zero-order valence-corrected chi connectivity index (χ0v) is 11.0. The SMILES string of the molecule is Cc1ccsc1C(CN)N(C)Cc1ccoc1. The van der Waals surface area contributed by atoms with Gasteiger partial charge in [-0.05, 0) is 37.0 Å². The van der Waals surface area contributed by atoms with Crippen molar-refractivity contribution in [1.82, 2.24) is 4.90 Å². The van der Waals surface area contributed by atoms with Crippen LogP contribution in [-0.2, 0) is 6.54 Å². The number of furan rings is 1. The Bertz CT molecular complexity index is 450.